The maximum absolute atomic E-state index is 5.53. The first kappa shape index (κ1) is 14.4. The molecule has 1 aromatic carbocycles. The highest BCUT2D eigenvalue weighted by Crippen LogP contribution is 2.25. The van der Waals surface area contributed by atoms with Crippen molar-refractivity contribution >= 4 is 0 Å². The molecule has 0 bridgehead atoms. The first-order chi connectivity index (χ1) is 9.22. The lowest BCUT2D eigenvalue weighted by Crippen LogP contribution is -2.38. The molecule has 1 aliphatic rings. The number of ether oxygens (including phenoxy) is 1. The Hall–Kier alpha value is -1.06. The molecule has 1 N–H and O–H groups in total. The van der Waals surface area contributed by atoms with Crippen molar-refractivity contribution in [2.45, 2.75) is 39.8 Å². The third kappa shape index (κ3) is 3.95. The molecule has 1 aromatic rings. The topological polar surface area (TPSA) is 24.5 Å². The van der Waals surface area contributed by atoms with Crippen molar-refractivity contribution in [1.29, 1.82) is 0 Å². The summed E-state index contributed by atoms with van der Waals surface area (Å²) in [6.07, 6.45) is 1.05. The lowest BCUT2D eigenvalue weighted by Gasteiger charge is -2.23. The van der Waals surface area contributed by atoms with Gasteiger partial charge < -0.3 is 15.0 Å². The van der Waals surface area contributed by atoms with E-state index in [1.807, 2.05) is 0 Å². The summed E-state index contributed by atoms with van der Waals surface area (Å²) in [5.74, 6) is 1.07. The van der Waals surface area contributed by atoms with Crippen LogP contribution in [0.4, 0.5) is 0 Å². The van der Waals surface area contributed by atoms with Crippen molar-refractivity contribution in [2.24, 2.45) is 0 Å². The molecule has 0 saturated carbocycles. The van der Waals surface area contributed by atoms with Crippen molar-refractivity contribution in [3.05, 3.63) is 29.3 Å². The Balaban J connectivity index is 1.81. The maximum atomic E-state index is 5.53. The molecule has 3 nitrogen and oxygen atoms in total. The summed E-state index contributed by atoms with van der Waals surface area (Å²) in [5.41, 5.74) is 2.71. The van der Waals surface area contributed by atoms with Gasteiger partial charge in [0, 0.05) is 25.6 Å². The summed E-state index contributed by atoms with van der Waals surface area (Å²) in [7, 11) is 0. The van der Waals surface area contributed by atoms with Crippen LogP contribution in [0.1, 0.15) is 31.9 Å². The SMILES string of the molecule is CCN(CC)CC(C)NCc1ccc2c(c1)CCO2. The highest BCUT2D eigenvalue weighted by molar-refractivity contribution is 5.39. The van der Waals surface area contributed by atoms with Gasteiger partial charge in [0.05, 0.1) is 6.61 Å². The van der Waals surface area contributed by atoms with Crippen LogP contribution in [0.15, 0.2) is 18.2 Å². The van der Waals surface area contributed by atoms with Crippen molar-refractivity contribution in [2.75, 3.05) is 26.2 Å². The summed E-state index contributed by atoms with van der Waals surface area (Å²) < 4.78 is 5.53. The molecule has 1 aliphatic heterocycles. The van der Waals surface area contributed by atoms with Crippen LogP contribution in [-0.2, 0) is 13.0 Å². The zero-order chi connectivity index (χ0) is 13.7. The summed E-state index contributed by atoms with van der Waals surface area (Å²) in [6, 6.07) is 7.07. The predicted octanol–water partition coefficient (Wildman–Crippen LogP) is 2.44. The van der Waals surface area contributed by atoms with Crippen LogP contribution in [0.25, 0.3) is 0 Å². The van der Waals surface area contributed by atoms with Crippen molar-refractivity contribution in [3.8, 4) is 5.75 Å². The van der Waals surface area contributed by atoms with Gasteiger partial charge in [-0.1, -0.05) is 26.0 Å². The lowest BCUT2D eigenvalue weighted by atomic mass is 10.1. The Kier molecular flexibility index (Phi) is 5.23. The first-order valence-corrected chi connectivity index (χ1v) is 7.43. The number of nitrogens with one attached hydrogen (secondary N) is 1. The van der Waals surface area contributed by atoms with E-state index in [9.17, 15) is 0 Å². The normalized spacial score (nSPS) is 15.4. The fraction of sp³-hybridized carbons (Fsp3) is 0.625. The van der Waals surface area contributed by atoms with Gasteiger partial charge >= 0.3 is 0 Å². The van der Waals surface area contributed by atoms with Crippen LogP contribution in [-0.4, -0.2) is 37.2 Å². The molecule has 19 heavy (non-hydrogen) atoms. The van der Waals surface area contributed by atoms with E-state index in [0.29, 0.717) is 6.04 Å². The van der Waals surface area contributed by atoms with Gasteiger partial charge in [0.15, 0.2) is 0 Å². The molecule has 0 aliphatic carbocycles. The van der Waals surface area contributed by atoms with Crippen LogP contribution in [0.3, 0.4) is 0 Å². The van der Waals surface area contributed by atoms with Gasteiger partial charge in [0.25, 0.3) is 0 Å². The third-order valence-corrected chi connectivity index (χ3v) is 3.83. The van der Waals surface area contributed by atoms with E-state index >= 15 is 0 Å². The number of nitrogens with zero attached hydrogens (tertiary/aromatic N) is 1. The number of fused-ring (bicyclic) bond motifs is 1. The highest BCUT2D eigenvalue weighted by Gasteiger charge is 2.12. The molecule has 1 unspecified atom stereocenters. The van der Waals surface area contributed by atoms with E-state index in [2.05, 4.69) is 49.2 Å². The monoisotopic (exact) mass is 262 g/mol. The maximum Gasteiger partial charge on any atom is 0.122 e. The van der Waals surface area contributed by atoms with Gasteiger partial charge in [-0.25, -0.2) is 0 Å². The van der Waals surface area contributed by atoms with Gasteiger partial charge in [-0.05, 0) is 37.2 Å². The zero-order valence-corrected chi connectivity index (χ0v) is 12.4. The number of rotatable bonds is 7. The minimum atomic E-state index is 0.518. The molecule has 2 rings (SSSR count). The molecule has 1 heterocycles. The van der Waals surface area contributed by atoms with Crippen LogP contribution in [0.5, 0.6) is 5.75 Å². The second kappa shape index (κ2) is 6.92. The first-order valence-electron chi connectivity index (χ1n) is 7.43. The molecule has 0 amide bonds. The zero-order valence-electron chi connectivity index (χ0n) is 12.4. The van der Waals surface area contributed by atoms with Gasteiger partial charge in [-0.2, -0.15) is 0 Å². The smallest absolute Gasteiger partial charge is 0.122 e. The van der Waals surface area contributed by atoms with Gasteiger partial charge in [0.2, 0.25) is 0 Å². The standard InChI is InChI=1S/C16H26N2O/c1-4-18(5-2)12-13(3)17-11-14-6-7-16-15(10-14)8-9-19-16/h6-7,10,13,17H,4-5,8-9,11-12H2,1-3H3. The van der Waals surface area contributed by atoms with Crippen molar-refractivity contribution < 1.29 is 4.74 Å². The van der Waals surface area contributed by atoms with E-state index < -0.39 is 0 Å². The van der Waals surface area contributed by atoms with Crippen molar-refractivity contribution in [1.82, 2.24) is 10.2 Å². The lowest BCUT2D eigenvalue weighted by molar-refractivity contribution is 0.270. The summed E-state index contributed by atoms with van der Waals surface area (Å²) in [6.45, 7) is 11.8. The van der Waals surface area contributed by atoms with Crippen LogP contribution in [0.2, 0.25) is 0 Å². The van der Waals surface area contributed by atoms with Gasteiger partial charge in [-0.3, -0.25) is 0 Å². The summed E-state index contributed by atoms with van der Waals surface area (Å²) in [4.78, 5) is 2.45. The average molecular weight is 262 g/mol. The Morgan fingerprint density at radius 2 is 2.11 bits per heavy atom. The molecular formula is C16H26N2O. The van der Waals surface area contributed by atoms with E-state index in [1.54, 1.807) is 0 Å². The molecule has 0 aromatic heterocycles. The predicted molar refractivity (Wildman–Crippen MR) is 79.7 cm³/mol. The number of hydrogen-bond donors (Lipinski definition) is 1. The average Bonchev–Trinajstić information content (AvgIpc) is 2.89. The highest BCUT2D eigenvalue weighted by atomic mass is 16.5. The minimum Gasteiger partial charge on any atom is -0.493 e. The molecule has 3 heteroatoms. The largest absolute Gasteiger partial charge is 0.493 e. The summed E-state index contributed by atoms with van der Waals surface area (Å²) >= 11 is 0. The number of benzene rings is 1. The van der Waals surface area contributed by atoms with Crippen LogP contribution in [0, 0.1) is 0 Å². The molecule has 0 fully saturated rings. The fourth-order valence-corrected chi connectivity index (χ4v) is 2.58. The van der Waals surface area contributed by atoms with Gasteiger partial charge in [0.1, 0.15) is 5.75 Å². The molecule has 0 radical (unpaired) electrons. The quantitative estimate of drug-likeness (QED) is 0.817. The Morgan fingerprint density at radius 3 is 2.84 bits per heavy atom. The second-order valence-corrected chi connectivity index (χ2v) is 5.31. The Morgan fingerprint density at radius 1 is 1.32 bits per heavy atom. The molecule has 0 saturated heterocycles. The Bertz CT molecular complexity index is 402. The molecule has 106 valence electrons. The third-order valence-electron chi connectivity index (χ3n) is 3.83. The number of hydrogen-bond acceptors (Lipinski definition) is 3. The Labute approximate surface area is 116 Å². The minimum absolute atomic E-state index is 0.518. The molecule has 1 atom stereocenters. The van der Waals surface area contributed by atoms with Gasteiger partial charge in [-0.15, -0.1) is 0 Å². The fourth-order valence-electron chi connectivity index (χ4n) is 2.58. The van der Waals surface area contributed by atoms with E-state index in [0.717, 1.165) is 45.0 Å². The summed E-state index contributed by atoms with van der Waals surface area (Å²) in [5, 5.41) is 3.61. The number of likely N-dealkylation sites (N-methyl/N-ethyl adjacent to an activating group) is 1. The van der Waals surface area contributed by atoms with Crippen LogP contribution >= 0.6 is 0 Å². The molecule has 0 spiro atoms. The van der Waals surface area contributed by atoms with Crippen LogP contribution < -0.4 is 10.1 Å². The van der Waals surface area contributed by atoms with Crippen molar-refractivity contribution in [3.63, 3.8) is 0 Å². The second-order valence-electron chi connectivity index (χ2n) is 5.31. The van der Waals surface area contributed by atoms with E-state index in [-0.39, 0.29) is 0 Å². The van der Waals surface area contributed by atoms with E-state index in [1.165, 1.54) is 11.1 Å². The molecular weight excluding hydrogens is 236 g/mol. The van der Waals surface area contributed by atoms with E-state index in [4.69, 9.17) is 4.74 Å².